The van der Waals surface area contributed by atoms with E-state index in [-0.39, 0.29) is 17.4 Å². The molecule has 1 aromatic heterocycles. The Balaban J connectivity index is 2.13. The second-order valence-corrected chi connectivity index (χ2v) is 8.36. The second kappa shape index (κ2) is 5.94. The number of primary amides is 1. The van der Waals surface area contributed by atoms with E-state index in [1.54, 1.807) is 11.3 Å². The molecule has 19 heavy (non-hydrogen) atoms. The summed E-state index contributed by atoms with van der Waals surface area (Å²) in [6.07, 6.45) is 5.87. The van der Waals surface area contributed by atoms with Crippen molar-refractivity contribution in [3.63, 3.8) is 0 Å². The van der Waals surface area contributed by atoms with Gasteiger partial charge in [0.25, 0.3) is 0 Å². The molecule has 4 N–H and O–H groups in total. The van der Waals surface area contributed by atoms with Crippen LogP contribution >= 0.6 is 27.3 Å². The van der Waals surface area contributed by atoms with Crippen LogP contribution in [0.25, 0.3) is 0 Å². The van der Waals surface area contributed by atoms with Crippen molar-refractivity contribution in [3.05, 3.63) is 20.3 Å². The van der Waals surface area contributed by atoms with Gasteiger partial charge in [0.15, 0.2) is 0 Å². The van der Waals surface area contributed by atoms with Crippen molar-refractivity contribution < 1.29 is 4.79 Å². The zero-order valence-corrected chi connectivity index (χ0v) is 13.6. The Morgan fingerprint density at radius 1 is 1.53 bits per heavy atom. The molecule has 0 aromatic carbocycles. The van der Waals surface area contributed by atoms with Gasteiger partial charge in [0.2, 0.25) is 5.91 Å². The van der Waals surface area contributed by atoms with Gasteiger partial charge < -0.3 is 11.5 Å². The highest BCUT2D eigenvalue weighted by atomic mass is 79.9. The van der Waals surface area contributed by atoms with Crippen LogP contribution in [-0.4, -0.2) is 5.91 Å². The molecule has 0 spiro atoms. The number of thiophene rings is 1. The smallest absolute Gasteiger partial charge is 0.217 e. The summed E-state index contributed by atoms with van der Waals surface area (Å²) in [5, 5.41) is 0. The first-order valence-corrected chi connectivity index (χ1v) is 8.32. The lowest BCUT2D eigenvalue weighted by Gasteiger charge is -2.30. The van der Waals surface area contributed by atoms with Crippen LogP contribution in [0.3, 0.4) is 0 Å². The molecule has 2 rings (SSSR count). The van der Waals surface area contributed by atoms with Gasteiger partial charge in [0.1, 0.15) is 0 Å². The van der Waals surface area contributed by atoms with Crippen LogP contribution in [0, 0.1) is 12.3 Å². The maximum Gasteiger partial charge on any atom is 0.217 e. The molecule has 1 amide bonds. The lowest BCUT2D eigenvalue weighted by Crippen LogP contribution is -2.29. The predicted molar refractivity (Wildman–Crippen MR) is 83.0 cm³/mol. The number of hydrogen-bond acceptors (Lipinski definition) is 3. The molecule has 1 unspecified atom stereocenters. The van der Waals surface area contributed by atoms with Crippen molar-refractivity contribution in [2.75, 3.05) is 0 Å². The number of halogens is 1. The summed E-state index contributed by atoms with van der Waals surface area (Å²) in [7, 11) is 0. The average Bonchev–Trinajstić information content (AvgIpc) is 2.85. The molecule has 1 fully saturated rings. The van der Waals surface area contributed by atoms with Gasteiger partial charge >= 0.3 is 0 Å². The maximum absolute atomic E-state index is 11.3. The van der Waals surface area contributed by atoms with Gasteiger partial charge in [0.05, 0.1) is 3.79 Å². The van der Waals surface area contributed by atoms with Crippen molar-refractivity contribution in [1.82, 2.24) is 0 Å². The molecule has 0 radical (unpaired) electrons. The molecule has 1 aliphatic rings. The van der Waals surface area contributed by atoms with Crippen LogP contribution < -0.4 is 11.5 Å². The Morgan fingerprint density at radius 3 is 2.63 bits per heavy atom. The summed E-state index contributed by atoms with van der Waals surface area (Å²) < 4.78 is 1.12. The van der Waals surface area contributed by atoms with Gasteiger partial charge in [0, 0.05) is 17.3 Å². The van der Waals surface area contributed by atoms with Gasteiger partial charge in [-0.2, -0.15) is 0 Å². The SMILES string of the molecule is Cc1sc(Br)cc1C(N)CC1(CC(N)=O)CCCC1. The molecule has 1 saturated carbocycles. The Morgan fingerprint density at radius 2 is 2.16 bits per heavy atom. The zero-order chi connectivity index (χ0) is 14.0. The standard InChI is InChI=1S/C14H21BrN2OS/c1-9-10(6-12(15)19-9)11(16)7-14(8-13(17)18)4-2-3-5-14/h6,11H,2-5,7-8,16H2,1H3,(H2,17,18). The molecule has 1 aliphatic carbocycles. The van der Waals surface area contributed by atoms with Crippen molar-refractivity contribution in [3.8, 4) is 0 Å². The number of rotatable bonds is 5. The molecular formula is C14H21BrN2OS. The van der Waals surface area contributed by atoms with E-state index < -0.39 is 0 Å². The van der Waals surface area contributed by atoms with Gasteiger partial charge in [-0.05, 0) is 59.2 Å². The molecule has 1 atom stereocenters. The third kappa shape index (κ3) is 3.58. The number of aryl methyl sites for hydroxylation is 1. The largest absolute Gasteiger partial charge is 0.370 e. The quantitative estimate of drug-likeness (QED) is 0.855. The Kier molecular flexibility index (Phi) is 4.69. The highest BCUT2D eigenvalue weighted by Gasteiger charge is 2.37. The van der Waals surface area contributed by atoms with E-state index in [0.717, 1.165) is 23.0 Å². The molecule has 5 heteroatoms. The maximum atomic E-state index is 11.3. The molecule has 0 aliphatic heterocycles. The van der Waals surface area contributed by atoms with Crippen molar-refractivity contribution >= 4 is 33.2 Å². The minimum Gasteiger partial charge on any atom is -0.370 e. The molecule has 1 heterocycles. The van der Waals surface area contributed by atoms with E-state index in [1.807, 2.05) is 0 Å². The molecular weight excluding hydrogens is 324 g/mol. The van der Waals surface area contributed by atoms with Gasteiger partial charge in [-0.1, -0.05) is 12.8 Å². The highest BCUT2D eigenvalue weighted by Crippen LogP contribution is 2.47. The van der Waals surface area contributed by atoms with Gasteiger partial charge in [-0.15, -0.1) is 11.3 Å². The predicted octanol–water partition coefficient (Wildman–Crippen LogP) is 3.64. The van der Waals surface area contributed by atoms with Crippen LogP contribution in [0.5, 0.6) is 0 Å². The summed E-state index contributed by atoms with van der Waals surface area (Å²) in [5.41, 5.74) is 13.0. The summed E-state index contributed by atoms with van der Waals surface area (Å²) in [4.78, 5) is 12.6. The van der Waals surface area contributed by atoms with E-state index in [4.69, 9.17) is 11.5 Å². The number of carbonyl (C=O) groups excluding carboxylic acids is 1. The van der Waals surface area contributed by atoms with E-state index in [9.17, 15) is 4.79 Å². The van der Waals surface area contributed by atoms with Crippen LogP contribution in [0.1, 0.15) is 55.0 Å². The Labute approximate surface area is 126 Å². The van der Waals surface area contributed by atoms with E-state index >= 15 is 0 Å². The highest BCUT2D eigenvalue weighted by molar-refractivity contribution is 9.11. The van der Waals surface area contributed by atoms with Gasteiger partial charge in [-0.3, -0.25) is 4.79 Å². The molecule has 0 bridgehead atoms. The number of carbonyl (C=O) groups is 1. The summed E-state index contributed by atoms with van der Waals surface area (Å²) in [5.74, 6) is -0.197. The van der Waals surface area contributed by atoms with Crippen molar-refractivity contribution in [2.45, 2.75) is 51.5 Å². The zero-order valence-electron chi connectivity index (χ0n) is 11.2. The second-order valence-electron chi connectivity index (χ2n) is 5.72. The van der Waals surface area contributed by atoms with E-state index in [1.165, 1.54) is 23.3 Å². The van der Waals surface area contributed by atoms with Crippen LogP contribution in [0.2, 0.25) is 0 Å². The fraction of sp³-hybridized carbons (Fsp3) is 0.643. The Bertz CT molecular complexity index is 466. The molecule has 0 saturated heterocycles. The van der Waals surface area contributed by atoms with Crippen molar-refractivity contribution in [2.24, 2.45) is 16.9 Å². The minimum absolute atomic E-state index is 0.000000000000000444. The monoisotopic (exact) mass is 344 g/mol. The van der Waals surface area contributed by atoms with Gasteiger partial charge in [-0.25, -0.2) is 0 Å². The molecule has 3 nitrogen and oxygen atoms in total. The number of amides is 1. The summed E-state index contributed by atoms with van der Waals surface area (Å²) >= 11 is 5.22. The van der Waals surface area contributed by atoms with Crippen molar-refractivity contribution in [1.29, 1.82) is 0 Å². The fourth-order valence-corrected chi connectivity index (χ4v) is 5.13. The molecule has 1 aromatic rings. The normalized spacial score (nSPS) is 19.5. The first kappa shape index (κ1) is 15.0. The number of hydrogen-bond donors (Lipinski definition) is 2. The lowest BCUT2D eigenvalue weighted by atomic mass is 9.76. The van der Waals surface area contributed by atoms with Crippen LogP contribution in [0.4, 0.5) is 0 Å². The van der Waals surface area contributed by atoms with Crippen LogP contribution in [0.15, 0.2) is 9.85 Å². The molecule has 106 valence electrons. The number of nitrogens with two attached hydrogens (primary N) is 2. The summed E-state index contributed by atoms with van der Waals surface area (Å²) in [6.45, 7) is 2.10. The Hall–Kier alpha value is -0.390. The first-order chi connectivity index (χ1) is 8.92. The average molecular weight is 345 g/mol. The van der Waals surface area contributed by atoms with E-state index in [2.05, 4.69) is 28.9 Å². The topological polar surface area (TPSA) is 69.1 Å². The first-order valence-electron chi connectivity index (χ1n) is 6.72. The minimum atomic E-state index is -0.197. The fourth-order valence-electron chi connectivity index (χ4n) is 3.35. The van der Waals surface area contributed by atoms with E-state index in [0.29, 0.717) is 6.42 Å². The van der Waals surface area contributed by atoms with Crippen LogP contribution in [-0.2, 0) is 4.79 Å². The third-order valence-electron chi connectivity index (χ3n) is 4.19. The lowest BCUT2D eigenvalue weighted by molar-refractivity contribution is -0.120. The third-order valence-corrected chi connectivity index (χ3v) is 5.76. The summed E-state index contributed by atoms with van der Waals surface area (Å²) in [6, 6.07) is 2.11.